The number of hydrogen-bond acceptors (Lipinski definition) is 3. The Kier molecular flexibility index (Phi) is 6.85. The first-order chi connectivity index (χ1) is 12.3. The summed E-state index contributed by atoms with van der Waals surface area (Å²) in [6.45, 7) is 1.38. The van der Waals surface area contributed by atoms with Gasteiger partial charge < -0.3 is 16.0 Å². The summed E-state index contributed by atoms with van der Waals surface area (Å²) in [7, 11) is 0. The highest BCUT2D eigenvalue weighted by molar-refractivity contribution is 6.43. The van der Waals surface area contributed by atoms with Crippen molar-refractivity contribution < 1.29 is 14.4 Å². The summed E-state index contributed by atoms with van der Waals surface area (Å²) in [4.78, 5) is 35.5. The van der Waals surface area contributed by atoms with E-state index in [4.69, 9.17) is 34.8 Å². The van der Waals surface area contributed by atoms with Gasteiger partial charge in [0.05, 0.1) is 16.6 Å². The second-order valence-electron chi connectivity index (χ2n) is 5.23. The summed E-state index contributed by atoms with van der Waals surface area (Å²) in [5.41, 5.74) is 1.53. The Morgan fingerprint density at radius 2 is 1.62 bits per heavy atom. The first kappa shape index (κ1) is 20.0. The van der Waals surface area contributed by atoms with Gasteiger partial charge in [-0.3, -0.25) is 14.4 Å². The number of nitrogens with one attached hydrogen (secondary N) is 3. The SMILES string of the molecule is Cc1c(Cl)cccc1NC(=O)CNC(=O)C(=O)Nc1ccc(Cl)c(Cl)c1. The van der Waals surface area contributed by atoms with Crippen LogP contribution >= 0.6 is 34.8 Å². The molecule has 0 aliphatic heterocycles. The molecule has 0 aliphatic rings. The van der Waals surface area contributed by atoms with Gasteiger partial charge in [-0.05, 0) is 42.8 Å². The van der Waals surface area contributed by atoms with Crippen LogP contribution in [0.3, 0.4) is 0 Å². The molecule has 0 spiro atoms. The predicted molar refractivity (Wildman–Crippen MR) is 103 cm³/mol. The van der Waals surface area contributed by atoms with Crippen molar-refractivity contribution in [3.63, 3.8) is 0 Å². The van der Waals surface area contributed by atoms with Gasteiger partial charge in [0.15, 0.2) is 0 Å². The minimum Gasteiger partial charge on any atom is -0.339 e. The fourth-order valence-electron chi connectivity index (χ4n) is 1.94. The van der Waals surface area contributed by atoms with Gasteiger partial charge in [-0.15, -0.1) is 0 Å². The number of rotatable bonds is 4. The zero-order chi connectivity index (χ0) is 19.3. The molecule has 9 heteroatoms. The Hall–Kier alpha value is -2.28. The number of carbonyl (C=O) groups is 3. The van der Waals surface area contributed by atoms with Crippen molar-refractivity contribution in [2.75, 3.05) is 17.2 Å². The van der Waals surface area contributed by atoms with Crippen LogP contribution in [0.25, 0.3) is 0 Å². The molecule has 0 unspecified atom stereocenters. The first-order valence-corrected chi connectivity index (χ1v) is 8.50. The lowest BCUT2D eigenvalue weighted by molar-refractivity contribution is -0.136. The largest absolute Gasteiger partial charge is 0.339 e. The molecule has 0 heterocycles. The summed E-state index contributed by atoms with van der Waals surface area (Å²) >= 11 is 17.6. The van der Waals surface area contributed by atoms with Crippen LogP contribution in [0.4, 0.5) is 11.4 Å². The molecule has 0 bridgehead atoms. The van der Waals surface area contributed by atoms with Crippen LogP contribution in [0.5, 0.6) is 0 Å². The zero-order valence-corrected chi connectivity index (χ0v) is 15.8. The zero-order valence-electron chi connectivity index (χ0n) is 13.5. The molecule has 0 radical (unpaired) electrons. The van der Waals surface area contributed by atoms with Crippen molar-refractivity contribution in [2.45, 2.75) is 6.92 Å². The molecule has 0 saturated carbocycles. The number of carbonyl (C=O) groups excluding carboxylic acids is 3. The van der Waals surface area contributed by atoms with E-state index in [0.717, 1.165) is 0 Å². The van der Waals surface area contributed by atoms with Crippen molar-refractivity contribution in [1.82, 2.24) is 5.32 Å². The van der Waals surface area contributed by atoms with Gasteiger partial charge in [-0.25, -0.2) is 0 Å². The van der Waals surface area contributed by atoms with Crippen LogP contribution in [0.1, 0.15) is 5.56 Å². The van der Waals surface area contributed by atoms with Crippen LogP contribution in [-0.4, -0.2) is 24.3 Å². The van der Waals surface area contributed by atoms with E-state index in [0.29, 0.717) is 27.0 Å². The first-order valence-electron chi connectivity index (χ1n) is 7.37. The lowest BCUT2D eigenvalue weighted by atomic mass is 10.2. The highest BCUT2D eigenvalue weighted by atomic mass is 35.5. The van der Waals surface area contributed by atoms with Crippen molar-refractivity contribution >= 4 is 63.9 Å². The highest BCUT2D eigenvalue weighted by Gasteiger charge is 2.16. The molecular formula is C17H14Cl3N3O3. The Balaban J connectivity index is 1.87. The maximum atomic E-state index is 11.9. The van der Waals surface area contributed by atoms with Gasteiger partial charge in [0.2, 0.25) is 5.91 Å². The third kappa shape index (κ3) is 5.36. The Bertz CT molecular complexity index is 872. The van der Waals surface area contributed by atoms with Crippen molar-refractivity contribution in [3.8, 4) is 0 Å². The van der Waals surface area contributed by atoms with Crippen molar-refractivity contribution in [1.29, 1.82) is 0 Å². The molecule has 6 nitrogen and oxygen atoms in total. The Morgan fingerprint density at radius 1 is 0.885 bits per heavy atom. The van der Waals surface area contributed by atoms with Crippen LogP contribution < -0.4 is 16.0 Å². The number of anilines is 2. The second-order valence-corrected chi connectivity index (χ2v) is 6.45. The lowest BCUT2D eigenvalue weighted by Gasteiger charge is -2.10. The van der Waals surface area contributed by atoms with Gasteiger partial charge in [0.1, 0.15) is 0 Å². The van der Waals surface area contributed by atoms with Crippen LogP contribution in [0.15, 0.2) is 36.4 Å². The molecule has 0 saturated heterocycles. The molecule has 0 aliphatic carbocycles. The minimum atomic E-state index is -0.964. The van der Waals surface area contributed by atoms with E-state index in [1.54, 1.807) is 25.1 Å². The van der Waals surface area contributed by atoms with Gasteiger partial charge in [0, 0.05) is 16.4 Å². The smallest absolute Gasteiger partial charge is 0.313 e. The lowest BCUT2D eigenvalue weighted by Crippen LogP contribution is -2.39. The quantitative estimate of drug-likeness (QED) is 0.667. The number of halogens is 3. The van der Waals surface area contributed by atoms with Crippen LogP contribution in [0.2, 0.25) is 15.1 Å². The minimum absolute atomic E-state index is 0.237. The molecule has 0 atom stereocenters. The van der Waals surface area contributed by atoms with Crippen LogP contribution in [0, 0.1) is 6.92 Å². The van der Waals surface area contributed by atoms with Gasteiger partial charge >= 0.3 is 11.8 Å². The number of hydrogen-bond donors (Lipinski definition) is 3. The van der Waals surface area contributed by atoms with Crippen molar-refractivity contribution in [2.24, 2.45) is 0 Å². The van der Waals surface area contributed by atoms with E-state index >= 15 is 0 Å². The summed E-state index contributed by atoms with van der Waals surface area (Å²) < 4.78 is 0. The summed E-state index contributed by atoms with van der Waals surface area (Å²) in [5.74, 6) is -2.39. The predicted octanol–water partition coefficient (Wildman–Crippen LogP) is 3.65. The van der Waals surface area contributed by atoms with Gasteiger partial charge in [0.25, 0.3) is 0 Å². The van der Waals surface area contributed by atoms with E-state index in [1.165, 1.54) is 18.2 Å². The average Bonchev–Trinajstić information content (AvgIpc) is 2.60. The fourth-order valence-corrected chi connectivity index (χ4v) is 2.41. The summed E-state index contributed by atoms with van der Waals surface area (Å²) in [6, 6.07) is 9.45. The molecule has 0 fully saturated rings. The van der Waals surface area contributed by atoms with Crippen LogP contribution in [-0.2, 0) is 14.4 Å². The number of amides is 3. The molecule has 3 N–H and O–H groups in total. The Labute approximate surface area is 164 Å². The topological polar surface area (TPSA) is 87.3 Å². The normalized spacial score (nSPS) is 10.2. The van der Waals surface area contributed by atoms with E-state index in [9.17, 15) is 14.4 Å². The molecule has 0 aromatic heterocycles. The molecule has 2 aromatic carbocycles. The third-order valence-electron chi connectivity index (χ3n) is 3.33. The van der Waals surface area contributed by atoms with E-state index < -0.39 is 17.7 Å². The van der Waals surface area contributed by atoms with Gasteiger partial charge in [-0.2, -0.15) is 0 Å². The maximum absolute atomic E-state index is 11.9. The molecule has 136 valence electrons. The fraction of sp³-hybridized carbons (Fsp3) is 0.118. The van der Waals surface area contributed by atoms with E-state index in [2.05, 4.69) is 16.0 Å². The molecule has 2 aromatic rings. The molecule has 2 rings (SSSR count). The summed E-state index contributed by atoms with van der Waals surface area (Å²) in [6.07, 6.45) is 0. The van der Waals surface area contributed by atoms with E-state index in [1.807, 2.05) is 0 Å². The highest BCUT2D eigenvalue weighted by Crippen LogP contribution is 2.25. The number of benzene rings is 2. The van der Waals surface area contributed by atoms with Gasteiger partial charge in [-0.1, -0.05) is 40.9 Å². The standard InChI is InChI=1S/C17H14Cl3N3O3/c1-9-11(18)3-2-4-14(9)23-15(24)8-21-16(25)17(26)22-10-5-6-12(19)13(20)7-10/h2-7H,8H2,1H3,(H,21,25)(H,22,26)(H,23,24). The van der Waals surface area contributed by atoms with E-state index in [-0.39, 0.29) is 11.6 Å². The molecule has 26 heavy (non-hydrogen) atoms. The Morgan fingerprint density at radius 3 is 2.31 bits per heavy atom. The summed E-state index contributed by atoms with van der Waals surface area (Å²) in [5, 5.41) is 8.26. The van der Waals surface area contributed by atoms with Crippen molar-refractivity contribution in [3.05, 3.63) is 57.0 Å². The maximum Gasteiger partial charge on any atom is 0.313 e. The molecule has 3 amide bonds. The second kappa shape index (κ2) is 8.89. The third-order valence-corrected chi connectivity index (χ3v) is 4.48. The molecular weight excluding hydrogens is 401 g/mol. The average molecular weight is 415 g/mol. The monoisotopic (exact) mass is 413 g/mol.